The lowest BCUT2D eigenvalue weighted by Gasteiger charge is -2.18. The zero-order chi connectivity index (χ0) is 17.5. The Hall–Kier alpha value is -2.50. The van der Waals surface area contributed by atoms with E-state index in [1.807, 2.05) is 57.4 Å². The molecule has 0 saturated heterocycles. The summed E-state index contributed by atoms with van der Waals surface area (Å²) >= 11 is 0. The third kappa shape index (κ3) is 5.01. The first-order valence-corrected chi connectivity index (χ1v) is 8.23. The molecule has 0 unspecified atom stereocenters. The molecule has 0 aromatic carbocycles. The van der Waals surface area contributed by atoms with Crippen molar-refractivity contribution >= 4 is 11.8 Å². The second-order valence-corrected chi connectivity index (χ2v) is 6.26. The van der Waals surface area contributed by atoms with E-state index in [-0.39, 0.29) is 12.1 Å². The molecule has 2 heterocycles. The van der Waals surface area contributed by atoms with Crippen molar-refractivity contribution in [2.75, 3.05) is 19.0 Å². The van der Waals surface area contributed by atoms with Crippen molar-refractivity contribution < 1.29 is 4.79 Å². The van der Waals surface area contributed by atoms with Crippen molar-refractivity contribution in [3.05, 3.63) is 47.9 Å². The quantitative estimate of drug-likeness (QED) is 0.819. The van der Waals surface area contributed by atoms with Gasteiger partial charge in [0.1, 0.15) is 5.82 Å². The molecule has 0 fully saturated rings. The Morgan fingerprint density at radius 3 is 2.79 bits per heavy atom. The fourth-order valence-electron chi connectivity index (χ4n) is 2.61. The van der Waals surface area contributed by atoms with Crippen molar-refractivity contribution in [3.63, 3.8) is 0 Å². The maximum Gasteiger partial charge on any atom is 0.315 e. The van der Waals surface area contributed by atoms with Gasteiger partial charge in [0.2, 0.25) is 0 Å². The highest BCUT2D eigenvalue weighted by molar-refractivity contribution is 5.74. The average molecular weight is 329 g/mol. The Morgan fingerprint density at radius 1 is 1.33 bits per heavy atom. The van der Waals surface area contributed by atoms with Crippen molar-refractivity contribution in [1.82, 2.24) is 20.2 Å². The van der Waals surface area contributed by atoms with E-state index in [1.54, 1.807) is 6.20 Å². The largest absolute Gasteiger partial charge is 0.362 e. The van der Waals surface area contributed by atoms with Gasteiger partial charge in [-0.1, -0.05) is 6.07 Å². The van der Waals surface area contributed by atoms with E-state index < -0.39 is 0 Å². The molecule has 6 nitrogen and oxygen atoms in total. The minimum atomic E-state index is -0.150. The smallest absolute Gasteiger partial charge is 0.315 e. The van der Waals surface area contributed by atoms with Crippen LogP contribution >= 0.6 is 0 Å². The van der Waals surface area contributed by atoms with Crippen LogP contribution in [0.25, 0.3) is 0 Å². The van der Waals surface area contributed by atoms with Crippen LogP contribution in [0.5, 0.6) is 0 Å². The Kier molecular flexibility index (Phi) is 6.23. The Balaban J connectivity index is 1.78. The molecule has 0 bridgehead atoms. The highest BCUT2D eigenvalue weighted by Crippen LogP contribution is 2.13. The number of anilines is 1. The second kappa shape index (κ2) is 8.38. The van der Waals surface area contributed by atoms with E-state index in [9.17, 15) is 4.79 Å². The molecule has 0 aliphatic carbocycles. The Morgan fingerprint density at radius 2 is 2.12 bits per heavy atom. The maximum atomic E-state index is 12.1. The average Bonchev–Trinajstić information content (AvgIpc) is 2.96. The number of hydrogen-bond donors (Lipinski definition) is 2. The number of aryl methyl sites for hydroxylation is 2. The number of aromatic nitrogens is 2. The number of amides is 2. The van der Waals surface area contributed by atoms with E-state index in [1.165, 1.54) is 5.69 Å². The van der Waals surface area contributed by atoms with Crippen LogP contribution in [0.4, 0.5) is 10.6 Å². The predicted molar refractivity (Wildman–Crippen MR) is 97.1 cm³/mol. The van der Waals surface area contributed by atoms with Gasteiger partial charge < -0.3 is 20.1 Å². The molecule has 2 rings (SSSR count). The molecule has 6 heteroatoms. The Labute approximate surface area is 143 Å². The van der Waals surface area contributed by atoms with Crippen molar-refractivity contribution in [3.8, 4) is 0 Å². The third-order valence-electron chi connectivity index (χ3n) is 3.99. The highest BCUT2D eigenvalue weighted by atomic mass is 16.2. The van der Waals surface area contributed by atoms with Crippen LogP contribution < -0.4 is 15.5 Å². The van der Waals surface area contributed by atoms with E-state index in [4.69, 9.17) is 0 Å². The molecular formula is C18H27N5O. The van der Waals surface area contributed by atoms with Crippen LogP contribution in [0, 0.1) is 0 Å². The van der Waals surface area contributed by atoms with Gasteiger partial charge in [0.25, 0.3) is 0 Å². The van der Waals surface area contributed by atoms with Crippen LogP contribution in [-0.2, 0) is 20.0 Å². The van der Waals surface area contributed by atoms with Gasteiger partial charge >= 0.3 is 6.03 Å². The molecule has 0 radical (unpaired) electrons. The molecule has 2 aromatic heterocycles. The number of nitrogens with one attached hydrogen (secondary N) is 2. The molecule has 2 aromatic rings. The number of rotatable bonds is 7. The SMILES string of the molecule is C[C@H](CCc1cccn1C)NC(=O)NCc1cccnc1N(C)C. The first kappa shape index (κ1) is 17.8. The molecule has 24 heavy (non-hydrogen) atoms. The van der Waals surface area contributed by atoms with Crippen LogP contribution in [0.2, 0.25) is 0 Å². The summed E-state index contributed by atoms with van der Waals surface area (Å²) < 4.78 is 2.11. The molecule has 0 spiro atoms. The minimum absolute atomic E-state index is 0.113. The number of urea groups is 1. The van der Waals surface area contributed by atoms with Crippen LogP contribution in [-0.4, -0.2) is 35.7 Å². The number of carbonyl (C=O) groups is 1. The summed E-state index contributed by atoms with van der Waals surface area (Å²) in [5.41, 5.74) is 2.27. The van der Waals surface area contributed by atoms with Crippen molar-refractivity contribution in [2.24, 2.45) is 7.05 Å². The molecule has 1 atom stereocenters. The zero-order valence-electron chi connectivity index (χ0n) is 14.9. The van der Waals surface area contributed by atoms with E-state index >= 15 is 0 Å². The summed E-state index contributed by atoms with van der Waals surface area (Å²) in [6.45, 7) is 2.48. The summed E-state index contributed by atoms with van der Waals surface area (Å²) in [6.07, 6.45) is 5.64. The molecule has 2 N–H and O–H groups in total. The normalized spacial score (nSPS) is 11.8. The summed E-state index contributed by atoms with van der Waals surface area (Å²) in [6, 6.07) is 7.96. The van der Waals surface area contributed by atoms with Crippen LogP contribution in [0.15, 0.2) is 36.7 Å². The van der Waals surface area contributed by atoms with Gasteiger partial charge in [0.05, 0.1) is 0 Å². The molecule has 2 amide bonds. The van der Waals surface area contributed by atoms with Gasteiger partial charge in [0.15, 0.2) is 0 Å². The topological polar surface area (TPSA) is 62.2 Å². The standard InChI is InChI=1S/C18H27N5O/c1-14(9-10-16-8-6-12-23(16)4)21-18(24)20-13-15-7-5-11-19-17(15)22(2)3/h5-8,11-12,14H,9-10,13H2,1-4H3,(H2,20,21,24)/t14-/m1/s1. The van der Waals surface area contributed by atoms with Crippen molar-refractivity contribution in [2.45, 2.75) is 32.4 Å². The first-order chi connectivity index (χ1) is 11.5. The fourth-order valence-corrected chi connectivity index (χ4v) is 2.61. The molecule has 130 valence electrons. The number of carbonyl (C=O) groups excluding carboxylic acids is 1. The summed E-state index contributed by atoms with van der Waals surface area (Å²) in [5, 5.41) is 5.90. The lowest BCUT2D eigenvalue weighted by Crippen LogP contribution is -2.40. The zero-order valence-corrected chi connectivity index (χ0v) is 14.9. The lowest BCUT2D eigenvalue weighted by molar-refractivity contribution is 0.236. The predicted octanol–water partition coefficient (Wildman–Crippen LogP) is 2.31. The first-order valence-electron chi connectivity index (χ1n) is 8.23. The lowest BCUT2D eigenvalue weighted by atomic mass is 10.1. The Bertz CT molecular complexity index is 665. The van der Waals surface area contributed by atoms with Crippen LogP contribution in [0.3, 0.4) is 0 Å². The summed E-state index contributed by atoms with van der Waals surface area (Å²) in [4.78, 5) is 18.4. The van der Waals surface area contributed by atoms with Gasteiger partial charge in [-0.15, -0.1) is 0 Å². The second-order valence-electron chi connectivity index (χ2n) is 6.26. The molecule has 0 aliphatic rings. The number of hydrogen-bond acceptors (Lipinski definition) is 3. The highest BCUT2D eigenvalue weighted by Gasteiger charge is 2.10. The fraction of sp³-hybridized carbons (Fsp3) is 0.444. The van der Waals surface area contributed by atoms with E-state index in [2.05, 4.69) is 26.3 Å². The number of nitrogens with zero attached hydrogens (tertiary/aromatic N) is 3. The van der Waals surface area contributed by atoms with E-state index in [0.717, 1.165) is 24.2 Å². The minimum Gasteiger partial charge on any atom is -0.362 e. The van der Waals surface area contributed by atoms with Gasteiger partial charge in [-0.2, -0.15) is 0 Å². The number of pyridine rings is 1. The van der Waals surface area contributed by atoms with Gasteiger partial charge in [-0.05, 0) is 38.0 Å². The van der Waals surface area contributed by atoms with E-state index in [0.29, 0.717) is 6.54 Å². The molecular weight excluding hydrogens is 302 g/mol. The summed E-state index contributed by atoms with van der Waals surface area (Å²) in [5.74, 6) is 0.870. The van der Waals surface area contributed by atoms with Gasteiger partial charge in [-0.25, -0.2) is 9.78 Å². The third-order valence-corrected chi connectivity index (χ3v) is 3.99. The molecule has 0 aliphatic heterocycles. The van der Waals surface area contributed by atoms with Crippen LogP contribution in [0.1, 0.15) is 24.6 Å². The van der Waals surface area contributed by atoms with Gasteiger partial charge in [0, 0.05) is 57.4 Å². The maximum absolute atomic E-state index is 12.1. The summed E-state index contributed by atoms with van der Waals surface area (Å²) in [7, 11) is 5.92. The monoisotopic (exact) mass is 329 g/mol. The van der Waals surface area contributed by atoms with Gasteiger partial charge in [-0.3, -0.25) is 0 Å². The van der Waals surface area contributed by atoms with Crippen molar-refractivity contribution in [1.29, 1.82) is 0 Å². The molecule has 0 saturated carbocycles.